The van der Waals surface area contributed by atoms with Gasteiger partial charge < -0.3 is 14.5 Å². The van der Waals surface area contributed by atoms with Crippen LogP contribution in [0.25, 0.3) is 6.08 Å². The third-order valence-electron chi connectivity index (χ3n) is 3.44. The highest BCUT2D eigenvalue weighted by Gasteiger charge is 2.22. The van der Waals surface area contributed by atoms with Crippen molar-refractivity contribution in [3.8, 4) is 5.75 Å². The van der Waals surface area contributed by atoms with Crippen molar-refractivity contribution in [2.75, 3.05) is 7.11 Å². The van der Waals surface area contributed by atoms with Crippen molar-refractivity contribution in [1.82, 2.24) is 5.32 Å². The number of rotatable bonds is 4. The maximum Gasteiger partial charge on any atom is 0.275 e. The average Bonchev–Trinajstić information content (AvgIpc) is 3.17. The summed E-state index contributed by atoms with van der Waals surface area (Å²) < 4.78 is 10.6. The van der Waals surface area contributed by atoms with Crippen molar-refractivity contribution in [1.29, 1.82) is 0 Å². The molecule has 1 aliphatic heterocycles. The summed E-state index contributed by atoms with van der Waals surface area (Å²) in [5.74, 6) is 1.59. The number of hydrogen-bond acceptors (Lipinski definition) is 4. The van der Waals surface area contributed by atoms with Gasteiger partial charge in [0.1, 0.15) is 11.4 Å². The highest BCUT2D eigenvalue weighted by atomic mass is 16.5. The molecule has 1 aromatic heterocycles. The van der Waals surface area contributed by atoms with E-state index in [1.807, 2.05) is 18.2 Å². The van der Waals surface area contributed by atoms with Crippen LogP contribution in [0, 0.1) is 0 Å². The van der Waals surface area contributed by atoms with Gasteiger partial charge in [-0.25, -0.2) is 4.99 Å². The van der Waals surface area contributed by atoms with Gasteiger partial charge in [-0.05, 0) is 47.9 Å². The van der Waals surface area contributed by atoms with Gasteiger partial charge in [0, 0.05) is 0 Å². The Kier molecular flexibility index (Phi) is 3.78. The Morgan fingerprint density at radius 1 is 1.36 bits per heavy atom. The summed E-state index contributed by atoms with van der Waals surface area (Å²) in [5, 5.41) is 2.70. The number of methoxy groups -OCH3 is 1. The van der Waals surface area contributed by atoms with Gasteiger partial charge in [0.05, 0.1) is 13.4 Å². The summed E-state index contributed by atoms with van der Waals surface area (Å²) in [6.07, 6.45) is 4.15. The number of amides is 1. The number of benzene rings is 1. The molecule has 0 unspecified atom stereocenters. The third kappa shape index (κ3) is 2.65. The van der Waals surface area contributed by atoms with Gasteiger partial charge in [-0.3, -0.25) is 4.79 Å². The maximum atomic E-state index is 12.0. The van der Waals surface area contributed by atoms with E-state index in [0.29, 0.717) is 17.3 Å². The number of hydrogen-bond donors (Lipinski definition) is 1. The number of aryl methyl sites for hydroxylation is 1. The molecule has 0 fully saturated rings. The molecule has 0 bridgehead atoms. The van der Waals surface area contributed by atoms with Crippen LogP contribution in [-0.4, -0.2) is 18.9 Å². The lowest BCUT2D eigenvalue weighted by Crippen LogP contribution is -2.24. The number of nitrogens with zero attached hydrogens (tertiary/aromatic N) is 1. The minimum absolute atomic E-state index is 0.236. The molecule has 0 atom stereocenters. The van der Waals surface area contributed by atoms with Crippen molar-refractivity contribution in [2.24, 2.45) is 4.99 Å². The van der Waals surface area contributed by atoms with Crippen molar-refractivity contribution in [3.05, 3.63) is 59.2 Å². The lowest BCUT2D eigenvalue weighted by atomic mass is 10.1. The highest BCUT2D eigenvalue weighted by molar-refractivity contribution is 6.18. The smallest absolute Gasteiger partial charge is 0.275 e. The lowest BCUT2D eigenvalue weighted by Gasteiger charge is -2.07. The van der Waals surface area contributed by atoms with Crippen molar-refractivity contribution in [2.45, 2.75) is 13.3 Å². The van der Waals surface area contributed by atoms with E-state index in [0.717, 1.165) is 23.3 Å². The Bertz CT molecular complexity index is 758. The standard InChI is InChI=1S/C17H16N2O3/c1-3-12-9-11(6-7-14(12)21-2)10-13-17(20)19-16(18-13)15-5-4-8-22-15/h4-10H,3H2,1-2H3,(H,18,19,20)/b13-10+. The van der Waals surface area contributed by atoms with Crippen molar-refractivity contribution in [3.63, 3.8) is 0 Å². The van der Waals surface area contributed by atoms with Crippen LogP contribution in [-0.2, 0) is 11.2 Å². The molecule has 112 valence electrons. The molecule has 5 nitrogen and oxygen atoms in total. The molecule has 2 aromatic rings. The number of furan rings is 1. The molecule has 0 radical (unpaired) electrons. The second-order valence-electron chi connectivity index (χ2n) is 4.85. The van der Waals surface area contributed by atoms with E-state index in [2.05, 4.69) is 17.2 Å². The van der Waals surface area contributed by atoms with Gasteiger partial charge in [0.15, 0.2) is 11.6 Å². The second kappa shape index (κ2) is 5.89. The first-order valence-electron chi connectivity index (χ1n) is 7.03. The van der Waals surface area contributed by atoms with Crippen LogP contribution in [0.3, 0.4) is 0 Å². The lowest BCUT2D eigenvalue weighted by molar-refractivity contribution is -0.115. The van der Waals surface area contributed by atoms with Crippen LogP contribution in [0.1, 0.15) is 23.8 Å². The Morgan fingerprint density at radius 3 is 2.91 bits per heavy atom. The van der Waals surface area contributed by atoms with Crippen LogP contribution >= 0.6 is 0 Å². The number of amidine groups is 1. The molecule has 0 saturated heterocycles. The zero-order valence-electron chi connectivity index (χ0n) is 12.4. The van der Waals surface area contributed by atoms with E-state index in [-0.39, 0.29) is 5.91 Å². The van der Waals surface area contributed by atoms with Crippen LogP contribution in [0.4, 0.5) is 0 Å². The molecule has 1 N–H and O–H groups in total. The number of carbonyl (C=O) groups is 1. The molecule has 0 spiro atoms. The quantitative estimate of drug-likeness (QED) is 0.882. The summed E-state index contributed by atoms with van der Waals surface area (Å²) >= 11 is 0. The third-order valence-corrected chi connectivity index (χ3v) is 3.44. The predicted octanol–water partition coefficient (Wildman–Crippen LogP) is 2.77. The van der Waals surface area contributed by atoms with Gasteiger partial charge in [-0.15, -0.1) is 0 Å². The van der Waals surface area contributed by atoms with Gasteiger partial charge in [0.2, 0.25) is 0 Å². The summed E-state index contributed by atoms with van der Waals surface area (Å²) in [5.41, 5.74) is 2.36. The number of ether oxygens (including phenoxy) is 1. The van der Waals surface area contributed by atoms with Crippen LogP contribution < -0.4 is 10.1 Å². The Balaban J connectivity index is 1.93. The average molecular weight is 296 g/mol. The van der Waals surface area contributed by atoms with Gasteiger partial charge >= 0.3 is 0 Å². The van der Waals surface area contributed by atoms with E-state index < -0.39 is 0 Å². The fourth-order valence-corrected chi connectivity index (χ4v) is 2.32. The first-order valence-corrected chi connectivity index (χ1v) is 7.03. The topological polar surface area (TPSA) is 63.8 Å². The van der Waals surface area contributed by atoms with Crippen LogP contribution in [0.2, 0.25) is 0 Å². The molecule has 3 rings (SSSR count). The summed E-state index contributed by atoms with van der Waals surface area (Å²) in [7, 11) is 1.65. The number of aliphatic imine (C=N–C) groups is 1. The Hall–Kier alpha value is -2.82. The maximum absolute atomic E-state index is 12.0. The number of carbonyl (C=O) groups excluding carboxylic acids is 1. The van der Waals surface area contributed by atoms with E-state index in [1.165, 1.54) is 0 Å². The number of nitrogens with one attached hydrogen (secondary N) is 1. The van der Waals surface area contributed by atoms with Crippen molar-refractivity contribution < 1.29 is 13.9 Å². The molecular weight excluding hydrogens is 280 g/mol. The van der Waals surface area contributed by atoms with E-state index in [9.17, 15) is 4.79 Å². The second-order valence-corrected chi connectivity index (χ2v) is 4.85. The molecule has 0 aliphatic carbocycles. The molecule has 0 saturated carbocycles. The highest BCUT2D eigenvalue weighted by Crippen LogP contribution is 2.23. The first-order chi connectivity index (χ1) is 10.7. The SMILES string of the molecule is CCc1cc(/C=C2/N=C(c3ccco3)NC2=O)ccc1OC. The normalized spacial score (nSPS) is 15.8. The summed E-state index contributed by atoms with van der Waals surface area (Å²) in [6.45, 7) is 2.06. The minimum atomic E-state index is -0.236. The first kappa shape index (κ1) is 14.1. The summed E-state index contributed by atoms with van der Waals surface area (Å²) in [6, 6.07) is 9.31. The minimum Gasteiger partial charge on any atom is -0.496 e. The Labute approximate surface area is 128 Å². The fourth-order valence-electron chi connectivity index (χ4n) is 2.32. The molecule has 1 aliphatic rings. The summed E-state index contributed by atoms with van der Waals surface area (Å²) in [4.78, 5) is 16.3. The zero-order chi connectivity index (χ0) is 15.5. The van der Waals surface area contributed by atoms with Gasteiger partial charge in [0.25, 0.3) is 5.91 Å². The van der Waals surface area contributed by atoms with Crippen LogP contribution in [0.15, 0.2) is 51.7 Å². The van der Waals surface area contributed by atoms with Crippen LogP contribution in [0.5, 0.6) is 5.75 Å². The fraction of sp³-hybridized carbons (Fsp3) is 0.176. The van der Waals surface area contributed by atoms with E-state index in [4.69, 9.17) is 9.15 Å². The molecule has 22 heavy (non-hydrogen) atoms. The molecule has 2 heterocycles. The Morgan fingerprint density at radius 2 is 2.23 bits per heavy atom. The van der Waals surface area contributed by atoms with E-state index >= 15 is 0 Å². The van der Waals surface area contributed by atoms with E-state index in [1.54, 1.807) is 31.6 Å². The largest absolute Gasteiger partial charge is 0.496 e. The molecular formula is C17H16N2O3. The molecule has 1 amide bonds. The van der Waals surface area contributed by atoms with Gasteiger partial charge in [-0.1, -0.05) is 13.0 Å². The van der Waals surface area contributed by atoms with Gasteiger partial charge in [-0.2, -0.15) is 0 Å². The van der Waals surface area contributed by atoms with Crippen molar-refractivity contribution >= 4 is 17.8 Å². The zero-order valence-corrected chi connectivity index (χ0v) is 12.4. The molecule has 1 aromatic carbocycles. The predicted molar refractivity (Wildman–Crippen MR) is 83.7 cm³/mol. The monoisotopic (exact) mass is 296 g/mol. The molecule has 5 heteroatoms.